The Morgan fingerprint density at radius 2 is 2.05 bits per heavy atom. The van der Waals surface area contributed by atoms with Gasteiger partial charge in [-0.2, -0.15) is 18.4 Å². The van der Waals surface area contributed by atoms with Crippen LogP contribution in [0.2, 0.25) is 0 Å². The first-order chi connectivity index (χ1) is 8.88. The van der Waals surface area contributed by atoms with E-state index >= 15 is 0 Å². The van der Waals surface area contributed by atoms with Gasteiger partial charge in [-0.1, -0.05) is 20.3 Å². The number of nitrogens with zero attached hydrogens (tertiary/aromatic N) is 1. The summed E-state index contributed by atoms with van der Waals surface area (Å²) in [5.74, 6) is 0.630. The molecule has 0 spiro atoms. The molecule has 0 fully saturated rings. The lowest BCUT2D eigenvalue weighted by Crippen LogP contribution is -2.10. The zero-order valence-electron chi connectivity index (χ0n) is 10.9. The highest BCUT2D eigenvalue weighted by Crippen LogP contribution is 2.33. The minimum Gasteiger partial charge on any atom is -0.493 e. The molecule has 0 aliphatic carbocycles. The lowest BCUT2D eigenvalue weighted by atomic mass is 10.1. The molecule has 1 rings (SSSR count). The van der Waals surface area contributed by atoms with Crippen LogP contribution in [0.1, 0.15) is 37.8 Å². The smallest absolute Gasteiger partial charge is 0.417 e. The third kappa shape index (κ3) is 4.47. The van der Waals surface area contributed by atoms with Crippen molar-refractivity contribution < 1.29 is 17.9 Å². The van der Waals surface area contributed by atoms with Crippen LogP contribution in [-0.2, 0) is 6.18 Å². The van der Waals surface area contributed by atoms with Crippen molar-refractivity contribution >= 4 is 0 Å². The molecule has 0 amide bonds. The van der Waals surface area contributed by atoms with Gasteiger partial charge < -0.3 is 4.74 Å². The average Bonchev–Trinajstić information content (AvgIpc) is 2.35. The van der Waals surface area contributed by atoms with Gasteiger partial charge in [-0.05, 0) is 30.5 Å². The molecule has 2 nitrogen and oxygen atoms in total. The highest BCUT2D eigenvalue weighted by atomic mass is 19.4. The van der Waals surface area contributed by atoms with Crippen LogP contribution in [0.3, 0.4) is 0 Å². The lowest BCUT2D eigenvalue weighted by Gasteiger charge is -2.14. The highest BCUT2D eigenvalue weighted by molar-refractivity contribution is 5.44. The van der Waals surface area contributed by atoms with E-state index in [1.54, 1.807) is 6.07 Å². The number of rotatable bonds is 5. The Kier molecular flexibility index (Phi) is 5.22. The van der Waals surface area contributed by atoms with Crippen molar-refractivity contribution in [3.05, 3.63) is 29.3 Å². The predicted octanol–water partition coefficient (Wildman–Crippen LogP) is 4.39. The van der Waals surface area contributed by atoms with Crippen LogP contribution in [0, 0.1) is 17.2 Å². The molecule has 1 unspecified atom stereocenters. The molecule has 104 valence electrons. The van der Waals surface area contributed by atoms with Crippen molar-refractivity contribution in [3.8, 4) is 11.8 Å². The van der Waals surface area contributed by atoms with Gasteiger partial charge in [-0.3, -0.25) is 0 Å². The zero-order valence-corrected chi connectivity index (χ0v) is 10.9. The van der Waals surface area contributed by atoms with Crippen molar-refractivity contribution in [2.45, 2.75) is 32.9 Å². The van der Waals surface area contributed by atoms with Gasteiger partial charge >= 0.3 is 6.18 Å². The van der Waals surface area contributed by atoms with Gasteiger partial charge in [0.1, 0.15) is 5.75 Å². The molecule has 1 atom stereocenters. The minimum atomic E-state index is -4.51. The fraction of sp³-hybridized carbons (Fsp3) is 0.500. The number of ether oxygens (including phenoxy) is 1. The molecule has 0 radical (unpaired) electrons. The molecule has 0 saturated carbocycles. The second-order valence-corrected chi connectivity index (χ2v) is 4.52. The van der Waals surface area contributed by atoms with Gasteiger partial charge in [0.2, 0.25) is 0 Å². The van der Waals surface area contributed by atoms with E-state index in [0.717, 1.165) is 25.0 Å². The molecule has 0 saturated heterocycles. The van der Waals surface area contributed by atoms with Crippen LogP contribution in [0.5, 0.6) is 5.75 Å². The largest absolute Gasteiger partial charge is 0.493 e. The molecular formula is C14H16F3NO. The second-order valence-electron chi connectivity index (χ2n) is 4.52. The molecule has 0 bridgehead atoms. The van der Waals surface area contributed by atoms with Crippen LogP contribution in [0.4, 0.5) is 13.2 Å². The summed E-state index contributed by atoms with van der Waals surface area (Å²) in [7, 11) is 0. The van der Waals surface area contributed by atoms with Crippen LogP contribution in [-0.4, -0.2) is 6.61 Å². The number of alkyl halides is 3. The maximum absolute atomic E-state index is 12.6. The molecule has 1 aromatic rings. The first kappa shape index (κ1) is 15.4. The number of halogens is 3. The second kappa shape index (κ2) is 6.46. The summed E-state index contributed by atoms with van der Waals surface area (Å²) < 4.78 is 43.2. The van der Waals surface area contributed by atoms with Gasteiger partial charge in [0.25, 0.3) is 0 Å². The van der Waals surface area contributed by atoms with Crippen molar-refractivity contribution in [2.75, 3.05) is 6.61 Å². The van der Waals surface area contributed by atoms with Crippen LogP contribution in [0.15, 0.2) is 18.2 Å². The molecule has 5 heteroatoms. The van der Waals surface area contributed by atoms with E-state index in [0.29, 0.717) is 18.3 Å². The summed E-state index contributed by atoms with van der Waals surface area (Å²) >= 11 is 0. The first-order valence-corrected chi connectivity index (χ1v) is 6.12. The van der Waals surface area contributed by atoms with E-state index in [1.165, 1.54) is 6.07 Å². The minimum absolute atomic E-state index is 0.299. The molecule has 0 aliphatic rings. The lowest BCUT2D eigenvalue weighted by molar-refractivity contribution is -0.137. The van der Waals surface area contributed by atoms with Crippen LogP contribution in [0.25, 0.3) is 0 Å². The first-order valence-electron chi connectivity index (χ1n) is 6.12. The van der Waals surface area contributed by atoms with Gasteiger partial charge in [0.05, 0.1) is 23.8 Å². The van der Waals surface area contributed by atoms with Gasteiger partial charge in [-0.25, -0.2) is 0 Å². The number of hydrogen-bond acceptors (Lipinski definition) is 2. The third-order valence-corrected chi connectivity index (χ3v) is 2.73. The van der Waals surface area contributed by atoms with Gasteiger partial charge in [0, 0.05) is 0 Å². The maximum Gasteiger partial charge on any atom is 0.417 e. The fourth-order valence-electron chi connectivity index (χ4n) is 1.77. The summed E-state index contributed by atoms with van der Waals surface area (Å²) in [6.07, 6.45) is -2.49. The average molecular weight is 271 g/mol. The molecule has 0 aliphatic heterocycles. The van der Waals surface area contributed by atoms with E-state index in [1.807, 2.05) is 6.92 Å². The molecule has 0 heterocycles. The van der Waals surface area contributed by atoms with Crippen molar-refractivity contribution in [2.24, 2.45) is 5.92 Å². The molecule has 0 N–H and O–H groups in total. The number of benzene rings is 1. The van der Waals surface area contributed by atoms with E-state index < -0.39 is 17.3 Å². The standard InChI is InChI=1S/C14H16F3NO/c1-3-4-10(2)9-19-12-5-6-13(14(15,16)17)11(7-12)8-18/h5-7,10H,3-4,9H2,1-2H3. The van der Waals surface area contributed by atoms with Crippen molar-refractivity contribution in [3.63, 3.8) is 0 Å². The Hall–Kier alpha value is -1.70. The molecule has 0 aromatic heterocycles. The van der Waals surface area contributed by atoms with Crippen LogP contribution < -0.4 is 4.74 Å². The number of nitriles is 1. The summed E-state index contributed by atoms with van der Waals surface area (Å²) in [4.78, 5) is 0. The summed E-state index contributed by atoms with van der Waals surface area (Å²) in [6, 6.07) is 4.84. The van der Waals surface area contributed by atoms with E-state index in [2.05, 4.69) is 6.92 Å². The Balaban J connectivity index is 2.81. The van der Waals surface area contributed by atoms with Crippen molar-refractivity contribution in [1.29, 1.82) is 5.26 Å². The zero-order chi connectivity index (χ0) is 14.5. The maximum atomic E-state index is 12.6. The Bertz CT molecular complexity index is 463. The summed E-state index contributed by atoms with van der Waals surface area (Å²) in [5, 5.41) is 8.76. The third-order valence-electron chi connectivity index (χ3n) is 2.73. The molecular weight excluding hydrogens is 255 g/mol. The monoisotopic (exact) mass is 271 g/mol. The quantitative estimate of drug-likeness (QED) is 0.795. The Labute approximate surface area is 110 Å². The van der Waals surface area contributed by atoms with E-state index in [4.69, 9.17) is 10.00 Å². The summed E-state index contributed by atoms with van der Waals surface area (Å²) in [5.41, 5.74) is -1.34. The van der Waals surface area contributed by atoms with Gasteiger partial charge in [-0.15, -0.1) is 0 Å². The highest BCUT2D eigenvalue weighted by Gasteiger charge is 2.33. The Morgan fingerprint density at radius 1 is 1.37 bits per heavy atom. The Morgan fingerprint density at radius 3 is 2.58 bits per heavy atom. The normalized spacial score (nSPS) is 12.8. The fourth-order valence-corrected chi connectivity index (χ4v) is 1.77. The van der Waals surface area contributed by atoms with Gasteiger partial charge in [0.15, 0.2) is 0 Å². The van der Waals surface area contributed by atoms with Crippen molar-refractivity contribution in [1.82, 2.24) is 0 Å². The van der Waals surface area contributed by atoms with Crippen LogP contribution >= 0.6 is 0 Å². The molecule has 19 heavy (non-hydrogen) atoms. The summed E-state index contributed by atoms with van der Waals surface area (Å²) in [6.45, 7) is 4.51. The SMILES string of the molecule is CCCC(C)COc1ccc(C(F)(F)F)c(C#N)c1. The predicted molar refractivity (Wildman–Crippen MR) is 65.7 cm³/mol. The van der Waals surface area contributed by atoms with E-state index in [-0.39, 0.29) is 0 Å². The molecule has 1 aromatic carbocycles. The van der Waals surface area contributed by atoms with E-state index in [9.17, 15) is 13.2 Å². The topological polar surface area (TPSA) is 33.0 Å². The number of hydrogen-bond donors (Lipinski definition) is 0.